The van der Waals surface area contributed by atoms with Crippen LogP contribution in [0.15, 0.2) is 47.1 Å². The van der Waals surface area contributed by atoms with Gasteiger partial charge in [-0.25, -0.2) is 4.39 Å². The Bertz CT molecular complexity index is 555. The minimum Gasteiger partial charge on any atom is -0.468 e. The van der Waals surface area contributed by atoms with Crippen LogP contribution in [0.2, 0.25) is 0 Å². The van der Waals surface area contributed by atoms with Gasteiger partial charge in [-0.2, -0.15) is 0 Å². The van der Waals surface area contributed by atoms with E-state index < -0.39 is 0 Å². The number of benzene rings is 1. The smallest absolute Gasteiger partial charge is 0.234 e. The molecule has 1 amide bonds. The van der Waals surface area contributed by atoms with Crippen LogP contribution in [0.4, 0.5) is 4.39 Å². The average molecular weight is 276 g/mol. The van der Waals surface area contributed by atoms with Gasteiger partial charge in [0.25, 0.3) is 0 Å². The van der Waals surface area contributed by atoms with Crippen molar-refractivity contribution >= 4 is 5.91 Å². The lowest BCUT2D eigenvalue weighted by Crippen LogP contribution is -2.34. The Kier molecular flexibility index (Phi) is 4.90. The van der Waals surface area contributed by atoms with Crippen LogP contribution in [0.5, 0.6) is 0 Å². The summed E-state index contributed by atoms with van der Waals surface area (Å²) in [7, 11) is 0. The first kappa shape index (κ1) is 14.3. The van der Waals surface area contributed by atoms with Gasteiger partial charge in [0, 0.05) is 12.1 Å². The highest BCUT2D eigenvalue weighted by molar-refractivity contribution is 5.78. The van der Waals surface area contributed by atoms with Crippen LogP contribution in [0.3, 0.4) is 0 Å². The molecule has 1 heterocycles. The van der Waals surface area contributed by atoms with Gasteiger partial charge in [-0.1, -0.05) is 18.2 Å². The Morgan fingerprint density at radius 1 is 1.30 bits per heavy atom. The number of amides is 1. The monoisotopic (exact) mass is 276 g/mol. The third kappa shape index (κ3) is 3.93. The molecule has 0 aliphatic carbocycles. The highest BCUT2D eigenvalue weighted by Crippen LogP contribution is 2.11. The number of furan rings is 1. The summed E-state index contributed by atoms with van der Waals surface area (Å²) in [6, 6.07) is 9.97. The predicted molar refractivity (Wildman–Crippen MR) is 73.4 cm³/mol. The first-order valence-electron chi connectivity index (χ1n) is 6.43. The lowest BCUT2D eigenvalue weighted by molar-refractivity contribution is -0.120. The molecule has 0 bridgehead atoms. The van der Waals surface area contributed by atoms with Crippen molar-refractivity contribution < 1.29 is 13.6 Å². The van der Waals surface area contributed by atoms with E-state index in [-0.39, 0.29) is 30.9 Å². The van der Waals surface area contributed by atoms with E-state index >= 15 is 0 Å². The molecule has 106 valence electrons. The van der Waals surface area contributed by atoms with Gasteiger partial charge in [-0.3, -0.25) is 10.1 Å². The fourth-order valence-corrected chi connectivity index (χ4v) is 1.78. The third-order valence-corrected chi connectivity index (χ3v) is 2.97. The van der Waals surface area contributed by atoms with Crippen LogP contribution in [0, 0.1) is 5.82 Å². The van der Waals surface area contributed by atoms with Crippen LogP contribution in [0.25, 0.3) is 0 Å². The molecule has 0 unspecified atom stereocenters. The second-order valence-electron chi connectivity index (χ2n) is 4.49. The summed E-state index contributed by atoms with van der Waals surface area (Å²) in [5.74, 6) is 0.267. The van der Waals surface area contributed by atoms with E-state index in [2.05, 4.69) is 10.6 Å². The Morgan fingerprint density at radius 3 is 2.80 bits per heavy atom. The molecule has 1 atom stereocenters. The van der Waals surface area contributed by atoms with Gasteiger partial charge >= 0.3 is 0 Å². The van der Waals surface area contributed by atoms with Crippen LogP contribution in [0.1, 0.15) is 24.3 Å². The number of nitrogens with one attached hydrogen (secondary N) is 2. The maximum Gasteiger partial charge on any atom is 0.234 e. The van der Waals surface area contributed by atoms with Crippen molar-refractivity contribution in [3.05, 3.63) is 59.8 Å². The molecular formula is C15H17FN2O2. The number of halogens is 1. The first-order valence-corrected chi connectivity index (χ1v) is 6.43. The topological polar surface area (TPSA) is 54.3 Å². The second-order valence-corrected chi connectivity index (χ2v) is 4.49. The second kappa shape index (κ2) is 6.86. The molecule has 2 rings (SSSR count). The van der Waals surface area contributed by atoms with Gasteiger partial charge in [0.05, 0.1) is 18.8 Å². The molecule has 0 saturated carbocycles. The molecule has 0 aliphatic rings. The van der Waals surface area contributed by atoms with E-state index in [0.29, 0.717) is 5.56 Å². The van der Waals surface area contributed by atoms with E-state index in [9.17, 15) is 9.18 Å². The fraction of sp³-hybridized carbons (Fsp3) is 0.267. The molecule has 4 nitrogen and oxygen atoms in total. The number of rotatable bonds is 6. The SMILES string of the molecule is C[C@H](NCC(=O)NCc1ccccc1F)c1ccco1. The molecule has 0 saturated heterocycles. The molecule has 2 aromatic rings. The lowest BCUT2D eigenvalue weighted by atomic mass is 10.2. The van der Waals surface area contributed by atoms with E-state index in [1.165, 1.54) is 6.07 Å². The third-order valence-electron chi connectivity index (χ3n) is 2.97. The minimum absolute atomic E-state index is 0.0517. The maximum absolute atomic E-state index is 13.4. The van der Waals surface area contributed by atoms with Gasteiger partial charge in [-0.05, 0) is 25.1 Å². The molecule has 0 aliphatic heterocycles. The van der Waals surface area contributed by atoms with E-state index in [1.807, 2.05) is 13.0 Å². The average Bonchev–Trinajstić information content (AvgIpc) is 2.98. The Hall–Kier alpha value is -2.14. The highest BCUT2D eigenvalue weighted by Gasteiger charge is 2.10. The van der Waals surface area contributed by atoms with E-state index in [1.54, 1.807) is 30.5 Å². The van der Waals surface area contributed by atoms with Crippen molar-refractivity contribution in [2.75, 3.05) is 6.54 Å². The van der Waals surface area contributed by atoms with Gasteiger partial charge in [-0.15, -0.1) is 0 Å². The highest BCUT2D eigenvalue weighted by atomic mass is 19.1. The number of carbonyl (C=O) groups excluding carboxylic acids is 1. The van der Waals surface area contributed by atoms with Gasteiger partial charge < -0.3 is 9.73 Å². The summed E-state index contributed by atoms with van der Waals surface area (Å²) in [6.45, 7) is 2.24. The van der Waals surface area contributed by atoms with Crippen molar-refractivity contribution in [2.24, 2.45) is 0 Å². The van der Waals surface area contributed by atoms with Gasteiger partial charge in [0.15, 0.2) is 0 Å². The predicted octanol–water partition coefficient (Wildman–Crippen LogP) is 2.39. The molecule has 2 N–H and O–H groups in total. The number of hydrogen-bond acceptors (Lipinski definition) is 3. The molecule has 0 radical (unpaired) electrons. The summed E-state index contributed by atoms with van der Waals surface area (Å²) in [5.41, 5.74) is 0.472. The van der Waals surface area contributed by atoms with Crippen molar-refractivity contribution in [1.82, 2.24) is 10.6 Å². The molecule has 20 heavy (non-hydrogen) atoms. The summed E-state index contributed by atoms with van der Waals surface area (Å²) in [5, 5.41) is 5.70. The van der Waals surface area contributed by atoms with Crippen molar-refractivity contribution in [3.8, 4) is 0 Å². The minimum atomic E-state index is -0.315. The van der Waals surface area contributed by atoms with Crippen molar-refractivity contribution in [3.63, 3.8) is 0 Å². The summed E-state index contributed by atoms with van der Waals surface area (Å²) in [6.07, 6.45) is 1.59. The molecular weight excluding hydrogens is 259 g/mol. The zero-order chi connectivity index (χ0) is 14.4. The molecule has 0 fully saturated rings. The summed E-state index contributed by atoms with van der Waals surface area (Å²) < 4.78 is 18.6. The van der Waals surface area contributed by atoms with E-state index in [4.69, 9.17) is 4.42 Å². The quantitative estimate of drug-likeness (QED) is 0.851. The van der Waals surface area contributed by atoms with Crippen LogP contribution >= 0.6 is 0 Å². The molecule has 1 aromatic heterocycles. The van der Waals surface area contributed by atoms with Crippen molar-refractivity contribution in [2.45, 2.75) is 19.5 Å². The van der Waals surface area contributed by atoms with Crippen LogP contribution in [-0.2, 0) is 11.3 Å². The largest absolute Gasteiger partial charge is 0.468 e. The zero-order valence-electron chi connectivity index (χ0n) is 11.2. The number of hydrogen-bond donors (Lipinski definition) is 2. The Labute approximate surface area is 117 Å². The zero-order valence-corrected chi connectivity index (χ0v) is 11.2. The summed E-state index contributed by atoms with van der Waals surface area (Å²) >= 11 is 0. The number of carbonyl (C=O) groups is 1. The van der Waals surface area contributed by atoms with Gasteiger partial charge in [0.2, 0.25) is 5.91 Å². The van der Waals surface area contributed by atoms with Gasteiger partial charge in [0.1, 0.15) is 11.6 Å². The first-order chi connectivity index (χ1) is 9.66. The summed E-state index contributed by atoms with van der Waals surface area (Å²) in [4.78, 5) is 11.7. The molecule has 1 aromatic carbocycles. The lowest BCUT2D eigenvalue weighted by Gasteiger charge is -2.11. The Morgan fingerprint density at radius 2 is 2.10 bits per heavy atom. The normalized spacial score (nSPS) is 12.1. The molecule has 0 spiro atoms. The van der Waals surface area contributed by atoms with Crippen molar-refractivity contribution in [1.29, 1.82) is 0 Å². The maximum atomic E-state index is 13.4. The molecule has 5 heteroatoms. The van der Waals surface area contributed by atoms with Crippen LogP contribution < -0.4 is 10.6 Å². The standard InChI is InChI=1S/C15H17FN2O2/c1-11(14-7-4-8-20-14)17-10-15(19)18-9-12-5-2-3-6-13(12)16/h2-8,11,17H,9-10H2,1H3,(H,18,19)/t11-/m0/s1. The van der Waals surface area contributed by atoms with Crippen LogP contribution in [-0.4, -0.2) is 12.5 Å². The fourth-order valence-electron chi connectivity index (χ4n) is 1.78. The van der Waals surface area contributed by atoms with E-state index in [0.717, 1.165) is 5.76 Å². The Balaban J connectivity index is 1.75.